The number of carbonyl (C=O) groups is 2. The Morgan fingerprint density at radius 1 is 1.26 bits per heavy atom. The molecule has 0 atom stereocenters. The monoisotopic (exact) mass is 386 g/mol. The SMILES string of the molecule is CCOc1ccc(NC(=O)N2CCc3nc(NC(=O)C4CC4)sc3C2)cc1. The third kappa shape index (κ3) is 4.21. The Kier molecular flexibility index (Phi) is 4.98. The van der Waals surface area contributed by atoms with Crippen molar-refractivity contribution < 1.29 is 14.3 Å². The number of hydrogen-bond acceptors (Lipinski definition) is 5. The van der Waals surface area contributed by atoms with Crippen LogP contribution in [0, 0.1) is 5.92 Å². The van der Waals surface area contributed by atoms with Crippen molar-refractivity contribution in [2.24, 2.45) is 5.92 Å². The first-order chi connectivity index (χ1) is 13.1. The van der Waals surface area contributed by atoms with Crippen LogP contribution in [-0.2, 0) is 17.8 Å². The largest absolute Gasteiger partial charge is 0.494 e. The summed E-state index contributed by atoms with van der Waals surface area (Å²) >= 11 is 1.46. The van der Waals surface area contributed by atoms with Gasteiger partial charge in [-0.2, -0.15) is 0 Å². The lowest BCUT2D eigenvalue weighted by Crippen LogP contribution is -2.38. The number of rotatable bonds is 5. The minimum absolute atomic E-state index is 0.0613. The lowest BCUT2D eigenvalue weighted by molar-refractivity contribution is -0.117. The number of ether oxygens (including phenoxy) is 1. The van der Waals surface area contributed by atoms with E-state index in [4.69, 9.17) is 4.74 Å². The zero-order chi connectivity index (χ0) is 18.8. The Morgan fingerprint density at radius 3 is 2.74 bits per heavy atom. The van der Waals surface area contributed by atoms with Crippen molar-refractivity contribution in [1.82, 2.24) is 9.88 Å². The minimum atomic E-state index is -0.137. The van der Waals surface area contributed by atoms with Crippen molar-refractivity contribution >= 4 is 34.1 Å². The summed E-state index contributed by atoms with van der Waals surface area (Å²) in [7, 11) is 0. The molecule has 1 aliphatic heterocycles. The van der Waals surface area contributed by atoms with Gasteiger partial charge in [0.25, 0.3) is 0 Å². The molecule has 8 heteroatoms. The molecule has 0 radical (unpaired) electrons. The van der Waals surface area contributed by atoms with Crippen LogP contribution in [0.15, 0.2) is 24.3 Å². The van der Waals surface area contributed by atoms with Crippen molar-refractivity contribution in [2.45, 2.75) is 32.7 Å². The summed E-state index contributed by atoms with van der Waals surface area (Å²) in [6.45, 7) is 3.66. The van der Waals surface area contributed by atoms with Crippen molar-refractivity contribution in [3.05, 3.63) is 34.8 Å². The molecule has 2 heterocycles. The van der Waals surface area contributed by atoms with E-state index >= 15 is 0 Å². The van der Waals surface area contributed by atoms with Crippen molar-refractivity contribution in [1.29, 1.82) is 0 Å². The normalized spacial score (nSPS) is 15.8. The summed E-state index contributed by atoms with van der Waals surface area (Å²) in [5, 5.41) is 6.46. The molecule has 0 unspecified atom stereocenters. The highest BCUT2D eigenvalue weighted by Gasteiger charge is 2.31. The van der Waals surface area contributed by atoms with E-state index in [1.807, 2.05) is 31.2 Å². The Balaban J connectivity index is 1.36. The fourth-order valence-electron chi connectivity index (χ4n) is 2.98. The first-order valence-electron chi connectivity index (χ1n) is 9.20. The zero-order valence-electron chi connectivity index (χ0n) is 15.2. The maximum atomic E-state index is 12.6. The predicted molar refractivity (Wildman–Crippen MR) is 104 cm³/mol. The number of fused-ring (bicyclic) bond motifs is 1. The van der Waals surface area contributed by atoms with Crippen LogP contribution < -0.4 is 15.4 Å². The topological polar surface area (TPSA) is 83.6 Å². The highest BCUT2D eigenvalue weighted by Crippen LogP contribution is 2.33. The summed E-state index contributed by atoms with van der Waals surface area (Å²) in [5.41, 5.74) is 1.71. The van der Waals surface area contributed by atoms with E-state index in [2.05, 4.69) is 15.6 Å². The van der Waals surface area contributed by atoms with Gasteiger partial charge in [-0.3, -0.25) is 4.79 Å². The van der Waals surface area contributed by atoms with Gasteiger partial charge in [0.1, 0.15) is 5.75 Å². The molecule has 1 aromatic heterocycles. The highest BCUT2D eigenvalue weighted by atomic mass is 32.1. The number of urea groups is 1. The number of anilines is 2. The van der Waals surface area contributed by atoms with Crippen LogP contribution in [0.4, 0.5) is 15.6 Å². The molecule has 1 saturated carbocycles. The predicted octanol–water partition coefficient (Wildman–Crippen LogP) is 3.48. The summed E-state index contributed by atoms with van der Waals surface area (Å²) in [5.74, 6) is 0.997. The lowest BCUT2D eigenvalue weighted by atomic mass is 10.2. The van der Waals surface area contributed by atoms with Crippen molar-refractivity contribution in [2.75, 3.05) is 23.8 Å². The second kappa shape index (κ2) is 7.56. The van der Waals surface area contributed by atoms with Crippen molar-refractivity contribution in [3.63, 3.8) is 0 Å². The molecule has 27 heavy (non-hydrogen) atoms. The molecule has 2 aromatic rings. The van der Waals surface area contributed by atoms with Gasteiger partial charge in [-0.1, -0.05) is 11.3 Å². The van der Waals surface area contributed by atoms with Crippen LogP contribution in [0.1, 0.15) is 30.3 Å². The molecule has 142 valence electrons. The average Bonchev–Trinajstić information content (AvgIpc) is 3.44. The van der Waals surface area contributed by atoms with Crippen LogP contribution in [-0.4, -0.2) is 35.0 Å². The quantitative estimate of drug-likeness (QED) is 0.824. The molecular weight excluding hydrogens is 364 g/mol. The molecule has 0 bridgehead atoms. The number of hydrogen-bond donors (Lipinski definition) is 2. The number of benzene rings is 1. The van der Waals surface area contributed by atoms with Crippen LogP contribution in [0.2, 0.25) is 0 Å². The van der Waals surface area contributed by atoms with Gasteiger partial charge in [-0.05, 0) is 44.0 Å². The standard InChI is InChI=1S/C19H22N4O3S/c1-2-26-14-7-5-13(6-8-14)20-19(25)23-10-9-15-16(11-23)27-18(21-15)22-17(24)12-3-4-12/h5-8,12H,2-4,9-11H2,1H3,(H,20,25)(H,21,22,24). The molecule has 0 saturated heterocycles. The van der Waals surface area contributed by atoms with E-state index in [0.717, 1.165) is 34.8 Å². The molecule has 2 aliphatic rings. The fourth-order valence-corrected chi connectivity index (χ4v) is 4.01. The Bertz CT molecular complexity index is 845. The van der Waals surface area contributed by atoms with Crippen LogP contribution in [0.25, 0.3) is 0 Å². The molecule has 4 rings (SSSR count). The maximum absolute atomic E-state index is 12.6. The number of nitrogens with one attached hydrogen (secondary N) is 2. The number of thiazole rings is 1. The molecule has 3 amide bonds. The molecule has 1 fully saturated rings. The van der Waals surface area contributed by atoms with Crippen molar-refractivity contribution in [3.8, 4) is 5.75 Å². The van der Waals surface area contributed by atoms with Gasteiger partial charge in [-0.15, -0.1) is 0 Å². The number of amides is 3. The molecule has 1 aromatic carbocycles. The van der Waals surface area contributed by atoms with E-state index in [1.54, 1.807) is 4.90 Å². The first-order valence-corrected chi connectivity index (χ1v) is 10.0. The zero-order valence-corrected chi connectivity index (χ0v) is 16.0. The molecule has 2 N–H and O–H groups in total. The highest BCUT2D eigenvalue weighted by molar-refractivity contribution is 7.15. The summed E-state index contributed by atoms with van der Waals surface area (Å²) in [6.07, 6.45) is 2.63. The van der Waals surface area contributed by atoms with Gasteiger partial charge >= 0.3 is 6.03 Å². The second-order valence-corrected chi connectivity index (χ2v) is 7.80. The maximum Gasteiger partial charge on any atom is 0.322 e. The number of nitrogens with zero attached hydrogens (tertiary/aromatic N) is 2. The van der Waals surface area contributed by atoms with E-state index in [-0.39, 0.29) is 17.9 Å². The lowest BCUT2D eigenvalue weighted by Gasteiger charge is -2.26. The third-order valence-corrected chi connectivity index (χ3v) is 5.61. The first kappa shape index (κ1) is 17.8. The van der Waals surface area contributed by atoms with Gasteiger partial charge < -0.3 is 20.3 Å². The van der Waals surface area contributed by atoms with Gasteiger partial charge in [0.2, 0.25) is 5.91 Å². The summed E-state index contributed by atoms with van der Waals surface area (Å²) in [6, 6.07) is 7.20. The third-order valence-electron chi connectivity index (χ3n) is 4.61. The number of aromatic nitrogens is 1. The van der Waals surface area contributed by atoms with Gasteiger partial charge in [0.15, 0.2) is 5.13 Å². The van der Waals surface area contributed by atoms with E-state index < -0.39 is 0 Å². The Morgan fingerprint density at radius 2 is 2.04 bits per heavy atom. The molecule has 1 aliphatic carbocycles. The van der Waals surface area contributed by atoms with E-state index in [1.165, 1.54) is 11.3 Å². The Labute approximate surface area is 161 Å². The number of carbonyl (C=O) groups excluding carboxylic acids is 2. The fraction of sp³-hybridized carbons (Fsp3) is 0.421. The van der Waals surface area contributed by atoms with E-state index in [0.29, 0.717) is 31.2 Å². The van der Waals surface area contributed by atoms with Crippen LogP contribution in [0.3, 0.4) is 0 Å². The Hall–Kier alpha value is -2.61. The second-order valence-electron chi connectivity index (χ2n) is 6.71. The van der Waals surface area contributed by atoms with E-state index in [9.17, 15) is 9.59 Å². The average molecular weight is 386 g/mol. The molecular formula is C19H22N4O3S. The summed E-state index contributed by atoms with van der Waals surface area (Å²) in [4.78, 5) is 31.8. The van der Waals surface area contributed by atoms with Crippen LogP contribution in [0.5, 0.6) is 5.75 Å². The van der Waals surface area contributed by atoms with Gasteiger partial charge in [0.05, 0.1) is 18.8 Å². The molecule has 7 nitrogen and oxygen atoms in total. The summed E-state index contributed by atoms with van der Waals surface area (Å²) < 4.78 is 5.41. The smallest absolute Gasteiger partial charge is 0.322 e. The minimum Gasteiger partial charge on any atom is -0.494 e. The van der Waals surface area contributed by atoms with Crippen LogP contribution >= 0.6 is 11.3 Å². The molecule has 0 spiro atoms. The van der Waals surface area contributed by atoms with Gasteiger partial charge in [-0.25, -0.2) is 9.78 Å². The van der Waals surface area contributed by atoms with Gasteiger partial charge in [0, 0.05) is 29.4 Å².